The Morgan fingerprint density at radius 3 is 2.68 bits per heavy atom. The molecule has 0 amide bonds. The molecule has 1 aliphatic rings. The van der Waals surface area contributed by atoms with Crippen LogP contribution in [0.2, 0.25) is 0 Å². The number of ketones is 1. The van der Waals surface area contributed by atoms with E-state index < -0.39 is 5.97 Å². The maximum atomic E-state index is 13.7. The highest BCUT2D eigenvalue weighted by atomic mass is 16.5. The molecule has 4 rings (SSSR count). The Morgan fingerprint density at radius 1 is 1.29 bits per heavy atom. The molecule has 3 aromatic rings. The molecule has 31 heavy (non-hydrogen) atoms. The lowest BCUT2D eigenvalue weighted by atomic mass is 9.91. The van der Waals surface area contributed by atoms with Crippen molar-refractivity contribution in [2.75, 3.05) is 6.61 Å². The smallest absolute Gasteiger partial charge is 0.361 e. The third-order valence-electron chi connectivity index (χ3n) is 5.20. The molecule has 0 radical (unpaired) electrons. The molecule has 0 aliphatic heterocycles. The van der Waals surface area contributed by atoms with Crippen molar-refractivity contribution in [3.8, 4) is 5.69 Å². The first-order valence-corrected chi connectivity index (χ1v) is 10.6. The van der Waals surface area contributed by atoms with E-state index in [1.807, 2.05) is 19.1 Å². The molecule has 0 bridgehead atoms. The normalized spacial score (nSPS) is 13.6. The summed E-state index contributed by atoms with van der Waals surface area (Å²) in [5, 5.41) is 8.27. The zero-order valence-corrected chi connectivity index (χ0v) is 18.2. The first-order chi connectivity index (χ1) is 14.9. The fraction of sp³-hybridized carbons (Fsp3) is 0.435. The van der Waals surface area contributed by atoms with Gasteiger partial charge in [-0.3, -0.25) is 4.79 Å². The van der Waals surface area contributed by atoms with Crippen molar-refractivity contribution in [2.45, 2.75) is 52.9 Å². The molecule has 162 valence electrons. The van der Waals surface area contributed by atoms with Gasteiger partial charge in [0.2, 0.25) is 5.69 Å². The van der Waals surface area contributed by atoms with Gasteiger partial charge in [-0.1, -0.05) is 19.0 Å². The molecule has 1 saturated carbocycles. The molecule has 0 saturated heterocycles. The number of benzene rings is 1. The maximum Gasteiger partial charge on any atom is 0.361 e. The average molecular weight is 422 g/mol. The van der Waals surface area contributed by atoms with Crippen LogP contribution in [0.4, 0.5) is 0 Å². The highest BCUT2D eigenvalue weighted by Crippen LogP contribution is 2.43. The molecule has 8 nitrogen and oxygen atoms in total. The van der Waals surface area contributed by atoms with Crippen molar-refractivity contribution in [3.63, 3.8) is 0 Å². The molecule has 0 spiro atoms. The number of esters is 1. The van der Waals surface area contributed by atoms with Gasteiger partial charge in [0.15, 0.2) is 11.5 Å². The SMILES string of the molecule is CCOC(=O)c1noc(C2CC2)c1C(=O)c1ccc(-n2cnc(C)n2)cc1CC(C)C. The van der Waals surface area contributed by atoms with Crippen molar-refractivity contribution in [2.24, 2.45) is 5.92 Å². The summed E-state index contributed by atoms with van der Waals surface area (Å²) in [7, 11) is 0. The van der Waals surface area contributed by atoms with Gasteiger partial charge in [0, 0.05) is 11.5 Å². The van der Waals surface area contributed by atoms with Crippen molar-refractivity contribution in [1.82, 2.24) is 19.9 Å². The van der Waals surface area contributed by atoms with E-state index >= 15 is 0 Å². The topological polar surface area (TPSA) is 100 Å². The van der Waals surface area contributed by atoms with Crippen molar-refractivity contribution in [1.29, 1.82) is 0 Å². The number of ether oxygens (including phenoxy) is 1. The summed E-state index contributed by atoms with van der Waals surface area (Å²) in [5.74, 6) is 0.710. The van der Waals surface area contributed by atoms with Crippen LogP contribution in [-0.4, -0.2) is 38.3 Å². The number of aromatic nitrogens is 4. The zero-order valence-electron chi connectivity index (χ0n) is 18.2. The molecular weight excluding hydrogens is 396 g/mol. The molecule has 8 heteroatoms. The molecule has 0 atom stereocenters. The molecule has 2 heterocycles. The van der Waals surface area contributed by atoms with E-state index in [0.717, 1.165) is 24.1 Å². The van der Waals surface area contributed by atoms with Crippen LogP contribution >= 0.6 is 0 Å². The average Bonchev–Trinajstić information content (AvgIpc) is 3.32. The highest BCUT2D eigenvalue weighted by molar-refractivity contribution is 6.15. The lowest BCUT2D eigenvalue weighted by Crippen LogP contribution is -2.15. The van der Waals surface area contributed by atoms with Crippen molar-refractivity contribution in [3.05, 3.63) is 58.5 Å². The molecule has 0 N–H and O–H groups in total. The lowest BCUT2D eigenvalue weighted by Gasteiger charge is -2.13. The number of aryl methyl sites for hydroxylation is 1. The predicted octanol–water partition coefficient (Wildman–Crippen LogP) is 4.05. The molecule has 1 fully saturated rings. The van der Waals surface area contributed by atoms with Crippen LogP contribution in [0.1, 0.15) is 83.1 Å². The van der Waals surface area contributed by atoms with Gasteiger partial charge in [-0.05, 0) is 62.8 Å². The molecule has 1 aliphatic carbocycles. The summed E-state index contributed by atoms with van der Waals surface area (Å²) in [4.78, 5) is 30.3. The first-order valence-electron chi connectivity index (χ1n) is 10.6. The Balaban J connectivity index is 1.79. The first kappa shape index (κ1) is 21.0. The fourth-order valence-corrected chi connectivity index (χ4v) is 3.64. The van der Waals surface area contributed by atoms with Gasteiger partial charge in [0.05, 0.1) is 12.3 Å². The van der Waals surface area contributed by atoms with Gasteiger partial charge in [-0.2, -0.15) is 5.10 Å². The summed E-state index contributed by atoms with van der Waals surface area (Å²) in [6, 6.07) is 5.57. The van der Waals surface area contributed by atoms with E-state index in [9.17, 15) is 9.59 Å². The van der Waals surface area contributed by atoms with Gasteiger partial charge in [-0.15, -0.1) is 0 Å². The summed E-state index contributed by atoms with van der Waals surface area (Å²) in [6.07, 6.45) is 4.18. The molecule has 0 unspecified atom stereocenters. The summed E-state index contributed by atoms with van der Waals surface area (Å²) >= 11 is 0. The van der Waals surface area contributed by atoms with E-state index in [1.165, 1.54) is 0 Å². The fourth-order valence-electron chi connectivity index (χ4n) is 3.64. The quantitative estimate of drug-likeness (QED) is 0.399. The number of carbonyl (C=O) groups is 2. The minimum atomic E-state index is -0.637. The maximum absolute atomic E-state index is 13.7. The summed E-state index contributed by atoms with van der Waals surface area (Å²) in [5.41, 5.74) is 2.43. The minimum absolute atomic E-state index is 0.0415. The third-order valence-corrected chi connectivity index (χ3v) is 5.20. The number of rotatable bonds is 8. The zero-order chi connectivity index (χ0) is 22.1. The molecule has 2 aromatic heterocycles. The largest absolute Gasteiger partial charge is 0.461 e. The van der Waals surface area contributed by atoms with Crippen LogP contribution in [-0.2, 0) is 11.2 Å². The van der Waals surface area contributed by atoms with Gasteiger partial charge in [-0.25, -0.2) is 14.5 Å². The predicted molar refractivity (Wildman–Crippen MR) is 113 cm³/mol. The van der Waals surface area contributed by atoms with Crippen LogP contribution in [0, 0.1) is 12.8 Å². The Labute approximate surface area is 180 Å². The number of hydrogen-bond donors (Lipinski definition) is 0. The van der Waals surface area contributed by atoms with Gasteiger partial charge in [0.25, 0.3) is 0 Å². The Hall–Kier alpha value is -3.29. The van der Waals surface area contributed by atoms with Crippen LogP contribution < -0.4 is 0 Å². The third kappa shape index (κ3) is 4.28. The van der Waals surface area contributed by atoms with Gasteiger partial charge in [0.1, 0.15) is 17.7 Å². The van der Waals surface area contributed by atoms with Crippen LogP contribution in [0.5, 0.6) is 0 Å². The van der Waals surface area contributed by atoms with E-state index in [0.29, 0.717) is 29.5 Å². The highest BCUT2D eigenvalue weighted by Gasteiger charge is 2.38. The van der Waals surface area contributed by atoms with E-state index in [-0.39, 0.29) is 29.6 Å². The second-order valence-electron chi connectivity index (χ2n) is 8.27. The molecular formula is C23H26N4O4. The van der Waals surface area contributed by atoms with E-state index in [1.54, 1.807) is 24.0 Å². The second-order valence-corrected chi connectivity index (χ2v) is 8.27. The second kappa shape index (κ2) is 8.45. The van der Waals surface area contributed by atoms with Crippen molar-refractivity contribution < 1.29 is 18.8 Å². The minimum Gasteiger partial charge on any atom is -0.461 e. The number of nitrogens with zero attached hydrogens (tertiary/aromatic N) is 4. The Kier molecular flexibility index (Phi) is 5.71. The number of carbonyl (C=O) groups excluding carboxylic acids is 2. The van der Waals surface area contributed by atoms with Crippen LogP contribution in [0.3, 0.4) is 0 Å². The Morgan fingerprint density at radius 2 is 2.06 bits per heavy atom. The lowest BCUT2D eigenvalue weighted by molar-refractivity contribution is 0.0512. The van der Waals surface area contributed by atoms with E-state index in [4.69, 9.17) is 9.26 Å². The van der Waals surface area contributed by atoms with Crippen LogP contribution in [0.15, 0.2) is 29.0 Å². The van der Waals surface area contributed by atoms with Gasteiger partial charge >= 0.3 is 5.97 Å². The Bertz CT molecular complexity index is 1120. The van der Waals surface area contributed by atoms with Crippen LogP contribution in [0.25, 0.3) is 5.69 Å². The molecule has 1 aromatic carbocycles. The standard InChI is InChI=1S/C23H26N4O4/c1-5-30-23(29)20-19(22(31-26-20)15-6-7-15)21(28)18-9-8-17(11-16(18)10-13(2)3)27-12-24-14(4)25-27/h8-9,11-13,15H,5-7,10H2,1-4H3. The monoisotopic (exact) mass is 422 g/mol. The summed E-state index contributed by atoms with van der Waals surface area (Å²) < 4.78 is 12.2. The number of hydrogen-bond acceptors (Lipinski definition) is 7. The van der Waals surface area contributed by atoms with Crippen molar-refractivity contribution >= 4 is 11.8 Å². The summed E-state index contributed by atoms with van der Waals surface area (Å²) in [6.45, 7) is 7.93. The van der Waals surface area contributed by atoms with E-state index in [2.05, 4.69) is 29.1 Å². The van der Waals surface area contributed by atoms with Gasteiger partial charge < -0.3 is 9.26 Å².